The number of rotatable bonds is 17. The molecule has 1 rings (SSSR count). The Morgan fingerprint density at radius 1 is 0.630 bits per heavy atom. The van der Waals surface area contributed by atoms with Gasteiger partial charge in [-0.3, -0.25) is 0 Å². The molecule has 0 nitrogen and oxygen atoms in total. The van der Waals surface area contributed by atoms with Gasteiger partial charge in [0.25, 0.3) is 0 Å². The molecule has 0 amide bonds. The number of benzene rings is 1. The van der Waals surface area contributed by atoms with Crippen molar-refractivity contribution >= 4 is 12.6 Å². The van der Waals surface area contributed by atoms with Gasteiger partial charge in [-0.15, -0.1) is 0 Å². The van der Waals surface area contributed by atoms with Crippen LogP contribution in [-0.2, 0) is 6.42 Å². The van der Waals surface area contributed by atoms with E-state index < -0.39 is 0 Å². The van der Waals surface area contributed by atoms with Crippen LogP contribution in [-0.4, -0.2) is 0 Å². The highest BCUT2D eigenvalue weighted by Crippen LogP contribution is 2.29. The first-order chi connectivity index (χ1) is 13.2. The quantitative estimate of drug-likeness (QED) is 0.233. The largest absolute Gasteiger partial charge is 0.0798 e. The highest BCUT2D eigenvalue weighted by atomic mass is 32.1. The van der Waals surface area contributed by atoms with Crippen LogP contribution in [0.1, 0.15) is 116 Å². The van der Waals surface area contributed by atoms with Crippen molar-refractivity contribution < 1.29 is 0 Å². The predicted molar refractivity (Wildman–Crippen MR) is 125 cm³/mol. The van der Waals surface area contributed by atoms with Crippen molar-refractivity contribution in [2.24, 2.45) is 11.8 Å². The van der Waals surface area contributed by atoms with Gasteiger partial charge in [0.05, 0.1) is 0 Å². The number of hydrogen-bond donors (Lipinski definition) is 0. The maximum absolute atomic E-state index is 5.58. The second kappa shape index (κ2) is 16.4. The first kappa shape index (κ1) is 24.5. The zero-order valence-corrected chi connectivity index (χ0v) is 19.3. The lowest BCUT2D eigenvalue weighted by Gasteiger charge is -2.22. The molecule has 2 unspecified atom stereocenters. The van der Waals surface area contributed by atoms with Gasteiger partial charge in [-0.1, -0.05) is 135 Å². The van der Waals surface area contributed by atoms with Crippen LogP contribution in [0.3, 0.4) is 0 Å². The Bertz CT molecular complexity index is 453. The molecule has 1 aromatic rings. The van der Waals surface area contributed by atoms with Crippen molar-refractivity contribution in [2.45, 2.75) is 122 Å². The Morgan fingerprint density at radius 2 is 1.22 bits per heavy atom. The van der Waals surface area contributed by atoms with E-state index in [-0.39, 0.29) is 0 Å². The van der Waals surface area contributed by atoms with Crippen molar-refractivity contribution in [2.75, 3.05) is 0 Å². The summed E-state index contributed by atoms with van der Waals surface area (Å²) in [6.07, 6.45) is 20.8. The van der Waals surface area contributed by atoms with Crippen LogP contribution in [0.5, 0.6) is 0 Å². The standard InChI is InChI=1S/C26H45S/c1-4-7-9-11-16-23(15-6-3)20-21-24(17-12-10-8-5-2)22-25-18-13-14-19-26(25)27/h13-14,18-19,23-24H,4-12,15-17,20-22H2,1-3H3. The summed E-state index contributed by atoms with van der Waals surface area (Å²) in [7, 11) is 0. The summed E-state index contributed by atoms with van der Waals surface area (Å²) in [4.78, 5) is 1.07. The Balaban J connectivity index is 2.54. The molecular formula is C26H45S. The lowest BCUT2D eigenvalue weighted by atomic mass is 9.84. The minimum atomic E-state index is 0.820. The van der Waals surface area contributed by atoms with Crippen LogP contribution in [0, 0.1) is 11.8 Å². The molecule has 0 aliphatic heterocycles. The van der Waals surface area contributed by atoms with Crippen molar-refractivity contribution in [1.29, 1.82) is 0 Å². The molecule has 27 heavy (non-hydrogen) atoms. The molecular weight excluding hydrogens is 344 g/mol. The van der Waals surface area contributed by atoms with Crippen molar-refractivity contribution in [3.05, 3.63) is 29.8 Å². The molecule has 1 aromatic carbocycles. The van der Waals surface area contributed by atoms with Gasteiger partial charge in [0.2, 0.25) is 0 Å². The van der Waals surface area contributed by atoms with Gasteiger partial charge in [-0.05, 0) is 36.3 Å². The highest BCUT2D eigenvalue weighted by molar-refractivity contribution is 7.80. The molecule has 0 aromatic heterocycles. The van der Waals surface area contributed by atoms with Gasteiger partial charge in [0.15, 0.2) is 0 Å². The molecule has 0 saturated carbocycles. The van der Waals surface area contributed by atoms with Gasteiger partial charge in [-0.25, -0.2) is 0 Å². The number of hydrogen-bond acceptors (Lipinski definition) is 0. The van der Waals surface area contributed by atoms with E-state index in [2.05, 4.69) is 45.0 Å². The van der Waals surface area contributed by atoms with Crippen molar-refractivity contribution in [1.82, 2.24) is 0 Å². The van der Waals surface area contributed by atoms with E-state index in [0.717, 1.165) is 16.7 Å². The fourth-order valence-corrected chi connectivity index (χ4v) is 4.59. The van der Waals surface area contributed by atoms with Crippen LogP contribution in [0.25, 0.3) is 0 Å². The third kappa shape index (κ3) is 11.8. The Hall–Kier alpha value is -0.560. The lowest BCUT2D eigenvalue weighted by molar-refractivity contribution is 0.329. The second-order valence-electron chi connectivity index (χ2n) is 8.61. The molecule has 0 aliphatic carbocycles. The van der Waals surface area contributed by atoms with Crippen LogP contribution >= 0.6 is 12.6 Å². The van der Waals surface area contributed by atoms with E-state index in [1.165, 1.54) is 102 Å². The maximum atomic E-state index is 5.58. The van der Waals surface area contributed by atoms with E-state index in [1.54, 1.807) is 0 Å². The molecule has 155 valence electrons. The molecule has 0 fully saturated rings. The molecule has 0 N–H and O–H groups in total. The minimum absolute atomic E-state index is 0.820. The van der Waals surface area contributed by atoms with Gasteiger partial charge >= 0.3 is 0 Å². The summed E-state index contributed by atoms with van der Waals surface area (Å²) in [5, 5.41) is 0. The van der Waals surface area contributed by atoms with Crippen molar-refractivity contribution in [3.63, 3.8) is 0 Å². The predicted octanol–water partition coefficient (Wildman–Crippen LogP) is 9.54. The van der Waals surface area contributed by atoms with Gasteiger partial charge < -0.3 is 0 Å². The average Bonchev–Trinajstić information content (AvgIpc) is 2.67. The van der Waals surface area contributed by atoms with E-state index in [1.807, 2.05) is 0 Å². The van der Waals surface area contributed by atoms with E-state index in [9.17, 15) is 0 Å². The van der Waals surface area contributed by atoms with Gasteiger partial charge in [-0.2, -0.15) is 0 Å². The molecule has 2 atom stereocenters. The molecule has 0 aliphatic rings. The molecule has 0 heterocycles. The zero-order chi connectivity index (χ0) is 19.7. The van der Waals surface area contributed by atoms with Crippen molar-refractivity contribution in [3.8, 4) is 0 Å². The van der Waals surface area contributed by atoms with Crippen LogP contribution in [0.15, 0.2) is 29.2 Å². The SMILES string of the molecule is CCCCCCC(CCC)CCC(CCCCCC)Cc1ccccc1[S]. The van der Waals surface area contributed by atoms with E-state index >= 15 is 0 Å². The lowest BCUT2D eigenvalue weighted by Crippen LogP contribution is -2.10. The van der Waals surface area contributed by atoms with Gasteiger partial charge in [0, 0.05) is 4.90 Å². The maximum Gasteiger partial charge on any atom is 0.0409 e. The van der Waals surface area contributed by atoms with E-state index in [0.29, 0.717) is 0 Å². The molecule has 1 radical (unpaired) electrons. The fourth-order valence-electron chi connectivity index (χ4n) is 4.36. The monoisotopic (exact) mass is 389 g/mol. The topological polar surface area (TPSA) is 0 Å². The summed E-state index contributed by atoms with van der Waals surface area (Å²) >= 11 is 5.58. The molecule has 0 bridgehead atoms. The Morgan fingerprint density at radius 3 is 1.81 bits per heavy atom. The Kier molecular flexibility index (Phi) is 14.9. The number of unbranched alkanes of at least 4 members (excludes halogenated alkanes) is 6. The third-order valence-corrected chi connectivity index (χ3v) is 6.49. The minimum Gasteiger partial charge on any atom is -0.0798 e. The normalized spacial score (nSPS) is 13.6. The molecule has 0 spiro atoms. The highest BCUT2D eigenvalue weighted by Gasteiger charge is 2.15. The second-order valence-corrected chi connectivity index (χ2v) is 9.05. The summed E-state index contributed by atoms with van der Waals surface area (Å²) in [5.74, 6) is 1.77. The summed E-state index contributed by atoms with van der Waals surface area (Å²) in [5.41, 5.74) is 1.41. The summed E-state index contributed by atoms with van der Waals surface area (Å²) < 4.78 is 0. The van der Waals surface area contributed by atoms with Crippen LogP contribution < -0.4 is 0 Å². The smallest absolute Gasteiger partial charge is 0.0409 e. The Labute approximate surface area is 176 Å². The summed E-state index contributed by atoms with van der Waals surface area (Å²) in [6.45, 7) is 6.97. The summed E-state index contributed by atoms with van der Waals surface area (Å²) in [6, 6.07) is 8.60. The molecule has 1 heteroatoms. The van der Waals surface area contributed by atoms with Crippen LogP contribution in [0.4, 0.5) is 0 Å². The fraction of sp³-hybridized carbons (Fsp3) is 0.769. The first-order valence-corrected chi connectivity index (χ1v) is 12.4. The van der Waals surface area contributed by atoms with E-state index in [4.69, 9.17) is 12.6 Å². The third-order valence-electron chi connectivity index (χ3n) is 6.09. The van der Waals surface area contributed by atoms with Gasteiger partial charge in [0.1, 0.15) is 0 Å². The average molecular weight is 390 g/mol. The zero-order valence-electron chi connectivity index (χ0n) is 18.5. The van der Waals surface area contributed by atoms with Crippen LogP contribution in [0.2, 0.25) is 0 Å². The first-order valence-electron chi connectivity index (χ1n) is 12.0. The molecule has 0 saturated heterocycles.